The Bertz CT molecular complexity index is 982. The van der Waals surface area contributed by atoms with E-state index in [2.05, 4.69) is 30.2 Å². The Balaban J connectivity index is 1.58. The van der Waals surface area contributed by atoms with Crippen molar-refractivity contribution in [3.8, 4) is 0 Å². The van der Waals surface area contributed by atoms with E-state index < -0.39 is 10.0 Å². The quantitative estimate of drug-likeness (QED) is 0.473. The van der Waals surface area contributed by atoms with E-state index in [-0.39, 0.29) is 6.04 Å². The summed E-state index contributed by atoms with van der Waals surface area (Å²) in [5.74, 6) is 1.44. The van der Waals surface area contributed by atoms with Gasteiger partial charge in [0.2, 0.25) is 10.0 Å². The van der Waals surface area contributed by atoms with Gasteiger partial charge >= 0.3 is 0 Å². The summed E-state index contributed by atoms with van der Waals surface area (Å²) in [5.41, 5.74) is 1.38. The highest BCUT2D eigenvalue weighted by Gasteiger charge is 2.25. The van der Waals surface area contributed by atoms with Crippen molar-refractivity contribution in [3.63, 3.8) is 0 Å². The predicted molar refractivity (Wildman–Crippen MR) is 118 cm³/mol. The highest BCUT2D eigenvalue weighted by molar-refractivity contribution is 7.92. The fourth-order valence-electron chi connectivity index (χ4n) is 3.22. The summed E-state index contributed by atoms with van der Waals surface area (Å²) in [6.45, 7) is 2.05. The van der Waals surface area contributed by atoms with E-state index in [0.717, 1.165) is 37.1 Å². The van der Waals surface area contributed by atoms with Gasteiger partial charge in [0.15, 0.2) is 5.96 Å². The lowest BCUT2D eigenvalue weighted by atomic mass is 10.2. The normalized spacial score (nSPS) is 17.3. The summed E-state index contributed by atoms with van der Waals surface area (Å²) in [6.07, 6.45) is 3.81. The van der Waals surface area contributed by atoms with Crippen molar-refractivity contribution in [2.75, 3.05) is 36.0 Å². The molecule has 29 heavy (non-hydrogen) atoms. The summed E-state index contributed by atoms with van der Waals surface area (Å²) < 4.78 is 25.7. The zero-order chi connectivity index (χ0) is 20.9. The number of rotatable bonds is 6. The van der Waals surface area contributed by atoms with E-state index in [1.54, 1.807) is 25.4 Å². The van der Waals surface area contributed by atoms with Gasteiger partial charge in [-0.05, 0) is 30.2 Å². The topological polar surface area (TPSA) is 98.7 Å². The molecule has 2 aromatic rings. The Morgan fingerprint density at radius 1 is 1.31 bits per heavy atom. The Morgan fingerprint density at radius 2 is 2.10 bits per heavy atom. The SMILES string of the molecule is CN=C(NCc1ccccc1NS(C)(=O)=O)NC1CCN(c2ncccc2Cl)C1. The molecule has 10 heteroatoms. The first-order chi connectivity index (χ1) is 13.9. The number of halogens is 1. The maximum atomic E-state index is 11.6. The van der Waals surface area contributed by atoms with Crippen LogP contribution < -0.4 is 20.3 Å². The molecular weight excluding hydrogens is 412 g/mol. The largest absolute Gasteiger partial charge is 0.353 e. The van der Waals surface area contributed by atoms with Gasteiger partial charge in [-0.25, -0.2) is 13.4 Å². The lowest BCUT2D eigenvalue weighted by Crippen LogP contribution is -2.44. The molecule has 1 unspecified atom stereocenters. The predicted octanol–water partition coefficient (Wildman–Crippen LogP) is 2.05. The first-order valence-electron chi connectivity index (χ1n) is 9.24. The smallest absolute Gasteiger partial charge is 0.229 e. The Hall–Kier alpha value is -2.52. The number of hydrogen-bond acceptors (Lipinski definition) is 5. The summed E-state index contributed by atoms with van der Waals surface area (Å²) in [5, 5.41) is 7.30. The molecule has 1 aliphatic rings. The van der Waals surface area contributed by atoms with Crippen molar-refractivity contribution in [2.45, 2.75) is 19.0 Å². The highest BCUT2D eigenvalue weighted by atomic mass is 35.5. The number of benzene rings is 1. The van der Waals surface area contributed by atoms with Gasteiger partial charge in [0.25, 0.3) is 0 Å². The highest BCUT2D eigenvalue weighted by Crippen LogP contribution is 2.25. The summed E-state index contributed by atoms with van der Waals surface area (Å²) in [7, 11) is -1.64. The number of nitrogens with zero attached hydrogens (tertiary/aromatic N) is 3. The van der Waals surface area contributed by atoms with Crippen LogP contribution in [-0.4, -0.2) is 51.8 Å². The van der Waals surface area contributed by atoms with Crippen LogP contribution >= 0.6 is 11.6 Å². The van der Waals surface area contributed by atoms with Crippen LogP contribution in [0.5, 0.6) is 0 Å². The molecule has 0 spiro atoms. The Kier molecular flexibility index (Phi) is 6.81. The second-order valence-electron chi connectivity index (χ2n) is 6.84. The molecule has 1 saturated heterocycles. The van der Waals surface area contributed by atoms with E-state index in [0.29, 0.717) is 23.2 Å². The molecule has 156 valence electrons. The van der Waals surface area contributed by atoms with Gasteiger partial charge in [0.05, 0.1) is 17.0 Å². The molecule has 1 atom stereocenters. The zero-order valence-electron chi connectivity index (χ0n) is 16.4. The molecule has 0 saturated carbocycles. The van der Waals surface area contributed by atoms with Gasteiger partial charge in [0, 0.05) is 38.9 Å². The molecule has 1 fully saturated rings. The number of nitrogens with one attached hydrogen (secondary N) is 3. The third kappa shape index (κ3) is 5.98. The number of guanidine groups is 1. The molecule has 1 aromatic carbocycles. The van der Waals surface area contributed by atoms with E-state index in [9.17, 15) is 8.42 Å². The number of aliphatic imine (C=N–C) groups is 1. The van der Waals surface area contributed by atoms with Crippen molar-refractivity contribution in [1.82, 2.24) is 15.6 Å². The number of aromatic nitrogens is 1. The second-order valence-corrected chi connectivity index (χ2v) is 9.00. The minimum absolute atomic E-state index is 0.198. The average molecular weight is 437 g/mol. The molecule has 0 bridgehead atoms. The minimum Gasteiger partial charge on any atom is -0.353 e. The van der Waals surface area contributed by atoms with E-state index >= 15 is 0 Å². The number of pyridine rings is 1. The van der Waals surface area contributed by atoms with Crippen LogP contribution in [0.4, 0.5) is 11.5 Å². The standard InChI is InChI=1S/C19H25ClN6O2S/c1-21-19(23-12-14-6-3-4-8-17(14)25-29(2,27)28)24-15-9-11-26(13-15)18-16(20)7-5-10-22-18/h3-8,10,15,25H,9,11-13H2,1-2H3,(H2,21,23,24). The summed E-state index contributed by atoms with van der Waals surface area (Å²) in [4.78, 5) is 10.8. The van der Waals surface area contributed by atoms with Crippen LogP contribution in [0.25, 0.3) is 0 Å². The first-order valence-corrected chi connectivity index (χ1v) is 11.5. The van der Waals surface area contributed by atoms with Crippen molar-refractivity contribution >= 4 is 39.1 Å². The minimum atomic E-state index is -3.34. The number of anilines is 2. The maximum Gasteiger partial charge on any atom is 0.229 e. The van der Waals surface area contributed by atoms with Gasteiger partial charge in [-0.3, -0.25) is 9.71 Å². The molecule has 3 rings (SSSR count). The summed E-state index contributed by atoms with van der Waals surface area (Å²) >= 11 is 6.25. The van der Waals surface area contributed by atoms with Crippen LogP contribution in [0.3, 0.4) is 0 Å². The van der Waals surface area contributed by atoms with Gasteiger partial charge in [-0.1, -0.05) is 29.8 Å². The molecule has 8 nitrogen and oxygen atoms in total. The number of hydrogen-bond donors (Lipinski definition) is 3. The summed E-state index contributed by atoms with van der Waals surface area (Å²) in [6, 6.07) is 11.1. The van der Waals surface area contributed by atoms with Gasteiger partial charge in [-0.2, -0.15) is 0 Å². The lowest BCUT2D eigenvalue weighted by molar-refractivity contribution is 0.606. The van der Waals surface area contributed by atoms with E-state index in [4.69, 9.17) is 11.6 Å². The van der Waals surface area contributed by atoms with Gasteiger partial charge in [0.1, 0.15) is 5.82 Å². The van der Waals surface area contributed by atoms with Crippen LogP contribution in [0.1, 0.15) is 12.0 Å². The van der Waals surface area contributed by atoms with Gasteiger partial charge in [-0.15, -0.1) is 0 Å². The average Bonchev–Trinajstić information content (AvgIpc) is 3.13. The molecule has 0 aliphatic carbocycles. The number of para-hydroxylation sites is 1. The van der Waals surface area contributed by atoms with Crippen LogP contribution in [0, 0.1) is 0 Å². The van der Waals surface area contributed by atoms with Crippen molar-refractivity contribution < 1.29 is 8.42 Å². The molecule has 0 amide bonds. The Morgan fingerprint density at radius 3 is 2.83 bits per heavy atom. The van der Waals surface area contributed by atoms with Gasteiger partial charge < -0.3 is 15.5 Å². The molecule has 3 N–H and O–H groups in total. The Labute approximate surface area is 176 Å². The third-order valence-electron chi connectivity index (χ3n) is 4.55. The van der Waals surface area contributed by atoms with E-state index in [1.807, 2.05) is 24.3 Å². The van der Waals surface area contributed by atoms with Crippen LogP contribution in [-0.2, 0) is 16.6 Å². The molecule has 1 aliphatic heterocycles. The number of sulfonamides is 1. The van der Waals surface area contributed by atoms with Crippen LogP contribution in [0.2, 0.25) is 5.02 Å². The molecule has 0 radical (unpaired) electrons. The molecular formula is C19H25ClN6O2S. The molecule has 1 aromatic heterocycles. The van der Waals surface area contributed by atoms with E-state index in [1.165, 1.54) is 0 Å². The van der Waals surface area contributed by atoms with Crippen molar-refractivity contribution in [1.29, 1.82) is 0 Å². The fourth-order valence-corrected chi connectivity index (χ4v) is 4.06. The van der Waals surface area contributed by atoms with Crippen molar-refractivity contribution in [3.05, 3.63) is 53.2 Å². The monoisotopic (exact) mass is 436 g/mol. The molecule has 2 heterocycles. The lowest BCUT2D eigenvalue weighted by Gasteiger charge is -2.20. The fraction of sp³-hybridized carbons (Fsp3) is 0.368. The zero-order valence-corrected chi connectivity index (χ0v) is 18.0. The van der Waals surface area contributed by atoms with Crippen LogP contribution in [0.15, 0.2) is 47.6 Å². The maximum absolute atomic E-state index is 11.6. The third-order valence-corrected chi connectivity index (χ3v) is 5.44. The van der Waals surface area contributed by atoms with Crippen molar-refractivity contribution in [2.24, 2.45) is 4.99 Å². The second kappa shape index (κ2) is 9.32. The first kappa shape index (κ1) is 21.2.